The van der Waals surface area contributed by atoms with Crippen molar-refractivity contribution in [1.29, 1.82) is 0 Å². The van der Waals surface area contributed by atoms with E-state index in [0.717, 1.165) is 25.1 Å². The summed E-state index contributed by atoms with van der Waals surface area (Å²) in [5, 5.41) is 0. The lowest BCUT2D eigenvalue weighted by molar-refractivity contribution is 0.160. The molecule has 1 atom stereocenters. The summed E-state index contributed by atoms with van der Waals surface area (Å²) < 4.78 is 52.8. The average molecular weight is 431 g/mol. The predicted octanol–water partition coefficient (Wildman–Crippen LogP) is 3.51. The van der Waals surface area contributed by atoms with Crippen LogP contribution in [0.1, 0.15) is 22.9 Å². The molecule has 158 valence electrons. The summed E-state index contributed by atoms with van der Waals surface area (Å²) in [5.41, 5.74) is 2.52. The van der Waals surface area contributed by atoms with Gasteiger partial charge < -0.3 is 9.15 Å². The molecule has 1 aliphatic rings. The second kappa shape index (κ2) is 8.59. The monoisotopic (exact) mass is 430 g/mol. The minimum atomic E-state index is -3.99. The molecule has 0 spiro atoms. The van der Waals surface area contributed by atoms with Gasteiger partial charge in [-0.2, -0.15) is 0 Å². The van der Waals surface area contributed by atoms with E-state index in [4.69, 9.17) is 9.15 Å². The minimum Gasteiger partial charge on any atom is -0.495 e. The lowest BCUT2D eigenvalue weighted by Crippen LogP contribution is -2.40. The molecule has 2 heterocycles. The van der Waals surface area contributed by atoms with Crippen LogP contribution in [0.3, 0.4) is 0 Å². The summed E-state index contributed by atoms with van der Waals surface area (Å²) in [4.78, 5) is 1.96. The number of ether oxygens (including phenoxy) is 1. The Morgan fingerprint density at radius 3 is 2.70 bits per heavy atom. The van der Waals surface area contributed by atoms with E-state index in [1.807, 2.05) is 18.2 Å². The van der Waals surface area contributed by atoms with Gasteiger partial charge in [0.15, 0.2) is 0 Å². The quantitative estimate of drug-likeness (QED) is 0.621. The number of hydrogen-bond acceptors (Lipinski definition) is 5. The molecule has 1 aliphatic heterocycles. The van der Waals surface area contributed by atoms with Gasteiger partial charge in [0.1, 0.15) is 22.2 Å². The van der Waals surface area contributed by atoms with Crippen LogP contribution in [-0.2, 0) is 23.0 Å². The van der Waals surface area contributed by atoms with Crippen LogP contribution in [0.5, 0.6) is 5.75 Å². The molecule has 0 amide bonds. The Kier molecular flexibility index (Phi) is 5.90. The number of benzene rings is 2. The van der Waals surface area contributed by atoms with Crippen molar-refractivity contribution in [2.24, 2.45) is 0 Å². The highest BCUT2D eigenvalue weighted by molar-refractivity contribution is 7.89. The third-order valence-corrected chi connectivity index (χ3v) is 6.80. The van der Waals surface area contributed by atoms with Gasteiger partial charge in [-0.1, -0.05) is 24.3 Å². The number of rotatable bonds is 7. The first-order valence-electron chi connectivity index (χ1n) is 9.65. The molecule has 0 radical (unpaired) electrons. The lowest BCUT2D eigenvalue weighted by atomic mass is 9.98. The van der Waals surface area contributed by atoms with Gasteiger partial charge in [-0.05, 0) is 47.9 Å². The van der Waals surface area contributed by atoms with Gasteiger partial charge in [0, 0.05) is 19.6 Å². The van der Waals surface area contributed by atoms with Crippen molar-refractivity contribution in [2.75, 3.05) is 20.2 Å². The van der Waals surface area contributed by atoms with Gasteiger partial charge >= 0.3 is 0 Å². The number of hydrogen-bond donors (Lipinski definition) is 1. The highest BCUT2D eigenvalue weighted by Gasteiger charge is 2.29. The molecule has 6 nitrogen and oxygen atoms in total. The Hall–Kier alpha value is -2.68. The standard InChI is InChI=1S/C22H23FN2O4S/c1-28-21-9-8-18(23)13-22(21)30(26,27)24-14-19(20-7-4-12-29-20)25-11-10-16-5-2-3-6-17(16)15-25/h2-9,12-13,19,24H,10-11,14-15H2,1H3/t19-/m0/s1. The maximum absolute atomic E-state index is 13.7. The van der Waals surface area contributed by atoms with Gasteiger partial charge in [-0.25, -0.2) is 17.5 Å². The van der Waals surface area contributed by atoms with Crippen LogP contribution in [0, 0.1) is 5.82 Å². The van der Waals surface area contributed by atoms with Crippen molar-refractivity contribution in [2.45, 2.75) is 23.9 Å². The van der Waals surface area contributed by atoms with Crippen molar-refractivity contribution in [1.82, 2.24) is 9.62 Å². The molecular weight excluding hydrogens is 407 g/mol. The Morgan fingerprint density at radius 1 is 1.17 bits per heavy atom. The summed E-state index contributed by atoms with van der Waals surface area (Å²) in [7, 11) is -2.64. The van der Waals surface area contributed by atoms with Crippen LogP contribution in [0.25, 0.3) is 0 Å². The van der Waals surface area contributed by atoms with Crippen molar-refractivity contribution in [3.8, 4) is 5.75 Å². The number of furan rings is 1. The summed E-state index contributed by atoms with van der Waals surface area (Å²) in [6.45, 7) is 1.54. The van der Waals surface area contributed by atoms with Crippen LogP contribution in [-0.4, -0.2) is 33.5 Å². The lowest BCUT2D eigenvalue weighted by Gasteiger charge is -2.34. The molecule has 30 heavy (non-hydrogen) atoms. The number of halogens is 1. The largest absolute Gasteiger partial charge is 0.495 e. The van der Waals surface area contributed by atoms with Crippen LogP contribution < -0.4 is 9.46 Å². The molecule has 2 aromatic carbocycles. The first-order chi connectivity index (χ1) is 14.5. The molecule has 0 saturated heterocycles. The minimum absolute atomic E-state index is 0.0810. The van der Waals surface area contributed by atoms with E-state index < -0.39 is 15.8 Å². The van der Waals surface area contributed by atoms with Gasteiger partial charge in [0.2, 0.25) is 10.0 Å². The summed E-state index contributed by atoms with van der Waals surface area (Å²) >= 11 is 0. The molecule has 0 bridgehead atoms. The zero-order valence-electron chi connectivity index (χ0n) is 16.5. The summed E-state index contributed by atoms with van der Waals surface area (Å²) in [5.74, 6) is 0.111. The van der Waals surface area contributed by atoms with Crippen molar-refractivity contribution < 1.29 is 22.0 Å². The molecule has 0 fully saturated rings. The molecule has 3 aromatic rings. The third-order valence-electron chi connectivity index (χ3n) is 5.35. The molecule has 1 N–H and O–H groups in total. The predicted molar refractivity (Wildman–Crippen MR) is 110 cm³/mol. The van der Waals surface area contributed by atoms with E-state index in [2.05, 4.69) is 21.8 Å². The maximum Gasteiger partial charge on any atom is 0.244 e. The summed E-state index contributed by atoms with van der Waals surface area (Å²) in [6.07, 6.45) is 2.45. The third kappa shape index (κ3) is 4.26. The van der Waals surface area contributed by atoms with E-state index in [1.165, 1.54) is 24.3 Å². The highest BCUT2D eigenvalue weighted by atomic mass is 32.2. The van der Waals surface area contributed by atoms with E-state index in [0.29, 0.717) is 12.3 Å². The normalized spacial score (nSPS) is 15.5. The molecule has 0 aliphatic carbocycles. The van der Waals surface area contributed by atoms with Crippen molar-refractivity contribution in [3.63, 3.8) is 0 Å². The second-order valence-electron chi connectivity index (χ2n) is 7.17. The van der Waals surface area contributed by atoms with Crippen LogP contribution in [0.2, 0.25) is 0 Å². The van der Waals surface area contributed by atoms with Crippen molar-refractivity contribution in [3.05, 3.63) is 83.6 Å². The number of methoxy groups -OCH3 is 1. The Labute approximate surface area is 175 Å². The van der Waals surface area contributed by atoms with E-state index in [-0.39, 0.29) is 23.2 Å². The molecule has 0 unspecified atom stereocenters. The van der Waals surface area contributed by atoms with E-state index in [1.54, 1.807) is 12.3 Å². The molecular formula is C22H23FN2O4S. The Balaban J connectivity index is 1.58. The Morgan fingerprint density at radius 2 is 1.97 bits per heavy atom. The number of nitrogens with one attached hydrogen (secondary N) is 1. The highest BCUT2D eigenvalue weighted by Crippen LogP contribution is 2.29. The maximum atomic E-state index is 13.7. The molecule has 4 rings (SSSR count). The zero-order chi connectivity index (χ0) is 21.1. The number of sulfonamides is 1. The zero-order valence-corrected chi connectivity index (χ0v) is 17.4. The smallest absolute Gasteiger partial charge is 0.244 e. The fourth-order valence-electron chi connectivity index (χ4n) is 3.80. The first kappa shape index (κ1) is 20.6. The van der Waals surface area contributed by atoms with Gasteiger partial charge in [-0.3, -0.25) is 4.90 Å². The fraction of sp³-hybridized carbons (Fsp3) is 0.273. The fourth-order valence-corrected chi connectivity index (χ4v) is 5.02. The van der Waals surface area contributed by atoms with Gasteiger partial charge in [0.25, 0.3) is 0 Å². The van der Waals surface area contributed by atoms with Crippen LogP contribution in [0.4, 0.5) is 4.39 Å². The molecule has 0 saturated carbocycles. The summed E-state index contributed by atoms with van der Waals surface area (Å²) in [6, 6.07) is 15.0. The van der Waals surface area contributed by atoms with Gasteiger partial charge in [-0.15, -0.1) is 0 Å². The first-order valence-corrected chi connectivity index (χ1v) is 11.1. The number of fused-ring (bicyclic) bond motifs is 1. The number of nitrogens with zero attached hydrogens (tertiary/aromatic N) is 1. The second-order valence-corrected chi connectivity index (χ2v) is 8.90. The topological polar surface area (TPSA) is 71.8 Å². The SMILES string of the molecule is COc1ccc(F)cc1S(=O)(=O)NC[C@@H](c1ccco1)N1CCc2ccccc2C1. The van der Waals surface area contributed by atoms with Gasteiger partial charge in [0.05, 0.1) is 19.4 Å². The van der Waals surface area contributed by atoms with Crippen LogP contribution in [0.15, 0.2) is 70.2 Å². The van der Waals surface area contributed by atoms with E-state index in [9.17, 15) is 12.8 Å². The average Bonchev–Trinajstić information content (AvgIpc) is 3.28. The molecule has 8 heteroatoms. The molecule has 1 aromatic heterocycles. The van der Waals surface area contributed by atoms with Crippen molar-refractivity contribution >= 4 is 10.0 Å². The Bertz CT molecular complexity index is 1120. The van der Waals surface area contributed by atoms with Crippen LogP contribution >= 0.6 is 0 Å². The van der Waals surface area contributed by atoms with E-state index >= 15 is 0 Å².